The first-order valence-corrected chi connectivity index (χ1v) is 9.64. The van der Waals surface area contributed by atoms with Crippen molar-refractivity contribution in [2.45, 2.75) is 19.8 Å². The lowest BCUT2D eigenvalue weighted by molar-refractivity contribution is 0.632. The summed E-state index contributed by atoms with van der Waals surface area (Å²) in [6, 6.07) is 26.3. The molecule has 0 saturated carbocycles. The van der Waals surface area contributed by atoms with E-state index >= 15 is 0 Å². The first-order chi connectivity index (χ1) is 13.6. The number of allylic oxidation sites excluding steroid dienone is 1. The number of halogens is 1. The zero-order valence-electron chi connectivity index (χ0n) is 16.1. The summed E-state index contributed by atoms with van der Waals surface area (Å²) < 4.78 is 14.9. The van der Waals surface area contributed by atoms with Crippen LogP contribution in [0.5, 0.6) is 0 Å². The molecule has 4 aromatic carbocycles. The molecule has 0 bridgehead atoms. The van der Waals surface area contributed by atoms with Crippen LogP contribution in [0.2, 0.25) is 0 Å². The monoisotopic (exact) mass is 366 g/mol. The third-order valence-electron chi connectivity index (χ3n) is 5.21. The highest BCUT2D eigenvalue weighted by Gasteiger charge is 2.09. The third-order valence-corrected chi connectivity index (χ3v) is 5.21. The molecule has 0 spiro atoms. The van der Waals surface area contributed by atoms with E-state index in [1.165, 1.54) is 16.5 Å². The lowest BCUT2D eigenvalue weighted by atomic mass is 9.96. The highest BCUT2D eigenvalue weighted by Crippen LogP contribution is 2.30. The van der Waals surface area contributed by atoms with E-state index < -0.39 is 0 Å². The Morgan fingerprint density at radius 1 is 0.750 bits per heavy atom. The number of hydrogen-bond acceptors (Lipinski definition) is 0. The summed E-state index contributed by atoms with van der Waals surface area (Å²) in [5, 5.41) is 2.31. The zero-order valence-corrected chi connectivity index (χ0v) is 16.1. The van der Waals surface area contributed by atoms with Gasteiger partial charge in [-0.3, -0.25) is 0 Å². The van der Waals surface area contributed by atoms with Crippen LogP contribution in [0.3, 0.4) is 0 Å². The van der Waals surface area contributed by atoms with Gasteiger partial charge in [0.05, 0.1) is 0 Å². The predicted octanol–water partition coefficient (Wildman–Crippen LogP) is 7.74. The van der Waals surface area contributed by atoms with Gasteiger partial charge in [0, 0.05) is 5.56 Å². The molecule has 0 fully saturated rings. The molecule has 0 unspecified atom stereocenters. The van der Waals surface area contributed by atoms with Gasteiger partial charge in [-0.2, -0.15) is 0 Å². The second-order valence-corrected chi connectivity index (χ2v) is 7.28. The van der Waals surface area contributed by atoms with Gasteiger partial charge in [0.2, 0.25) is 0 Å². The number of aryl methyl sites for hydroxylation is 2. The molecule has 0 nitrogen and oxygen atoms in total. The van der Waals surface area contributed by atoms with Crippen LogP contribution < -0.4 is 0 Å². The van der Waals surface area contributed by atoms with E-state index in [0.29, 0.717) is 5.56 Å². The molecule has 0 heterocycles. The largest absolute Gasteiger partial charge is 0.206 e. The predicted molar refractivity (Wildman–Crippen MR) is 118 cm³/mol. The number of rotatable bonds is 5. The van der Waals surface area contributed by atoms with Gasteiger partial charge in [-0.25, -0.2) is 4.39 Å². The summed E-state index contributed by atoms with van der Waals surface area (Å²) in [5.41, 5.74) is 5.96. The fraction of sp³-hybridized carbons (Fsp3) is 0.111. The molecule has 0 radical (unpaired) electrons. The summed E-state index contributed by atoms with van der Waals surface area (Å²) in [6.45, 7) is 5.84. The van der Waals surface area contributed by atoms with Crippen molar-refractivity contribution in [3.8, 4) is 22.3 Å². The molecular weight excluding hydrogens is 343 g/mol. The van der Waals surface area contributed by atoms with Crippen molar-refractivity contribution in [3.05, 3.63) is 108 Å². The molecule has 0 aromatic heterocycles. The van der Waals surface area contributed by atoms with E-state index in [-0.39, 0.29) is 5.82 Å². The minimum absolute atomic E-state index is 0.194. The zero-order chi connectivity index (χ0) is 19.5. The maximum Gasteiger partial charge on any atom is 0.131 e. The Hall–Kier alpha value is -3.19. The van der Waals surface area contributed by atoms with Gasteiger partial charge in [-0.1, -0.05) is 78.4 Å². The standard InChI is InChI=1S/C27H23F/c1-3-4-5-20-8-11-23-17-25(13-12-22(23)16-20)26-15-14-24(18-27(26)28)21-9-6-19(2)7-10-21/h3,6-18H,1,4-5H2,2H3. The highest BCUT2D eigenvalue weighted by molar-refractivity contribution is 5.88. The maximum absolute atomic E-state index is 14.9. The van der Waals surface area contributed by atoms with Crippen LogP contribution in [0.1, 0.15) is 17.5 Å². The Kier molecular flexibility index (Phi) is 5.08. The van der Waals surface area contributed by atoms with E-state index in [1.54, 1.807) is 6.07 Å². The van der Waals surface area contributed by atoms with Crippen LogP contribution in [-0.4, -0.2) is 0 Å². The van der Waals surface area contributed by atoms with Crippen LogP contribution in [-0.2, 0) is 6.42 Å². The van der Waals surface area contributed by atoms with Gasteiger partial charge in [-0.05, 0) is 64.9 Å². The SMILES string of the molecule is C=CCCc1ccc2cc(-c3ccc(-c4ccc(C)cc4)cc3F)ccc2c1. The second kappa shape index (κ2) is 7.82. The van der Waals surface area contributed by atoms with Crippen molar-refractivity contribution in [3.63, 3.8) is 0 Å². The van der Waals surface area contributed by atoms with Crippen molar-refractivity contribution >= 4 is 10.8 Å². The molecule has 0 N–H and O–H groups in total. The summed E-state index contributed by atoms with van der Waals surface area (Å²) in [4.78, 5) is 0. The molecule has 0 aliphatic rings. The minimum Gasteiger partial charge on any atom is -0.206 e. The average Bonchev–Trinajstić information content (AvgIpc) is 2.72. The van der Waals surface area contributed by atoms with Crippen molar-refractivity contribution in [1.29, 1.82) is 0 Å². The van der Waals surface area contributed by atoms with Gasteiger partial charge >= 0.3 is 0 Å². The van der Waals surface area contributed by atoms with Crippen molar-refractivity contribution < 1.29 is 4.39 Å². The minimum atomic E-state index is -0.194. The summed E-state index contributed by atoms with van der Waals surface area (Å²) in [7, 11) is 0. The molecule has 0 atom stereocenters. The molecular formula is C27H23F. The first-order valence-electron chi connectivity index (χ1n) is 9.64. The van der Waals surface area contributed by atoms with Crippen LogP contribution in [0.25, 0.3) is 33.0 Å². The summed E-state index contributed by atoms with van der Waals surface area (Å²) in [6.07, 6.45) is 3.91. The lowest BCUT2D eigenvalue weighted by Gasteiger charge is -2.09. The number of hydrogen-bond donors (Lipinski definition) is 0. The lowest BCUT2D eigenvalue weighted by Crippen LogP contribution is -1.88. The van der Waals surface area contributed by atoms with E-state index in [1.807, 2.05) is 48.5 Å². The van der Waals surface area contributed by atoms with Crippen molar-refractivity contribution in [2.75, 3.05) is 0 Å². The Bertz CT molecular complexity index is 1140. The Morgan fingerprint density at radius 2 is 1.43 bits per heavy atom. The summed E-state index contributed by atoms with van der Waals surface area (Å²) >= 11 is 0. The fourth-order valence-electron chi connectivity index (χ4n) is 3.56. The van der Waals surface area contributed by atoms with Gasteiger partial charge in [-0.15, -0.1) is 6.58 Å². The Balaban J connectivity index is 1.67. The van der Waals surface area contributed by atoms with E-state index in [2.05, 4.69) is 43.8 Å². The molecule has 28 heavy (non-hydrogen) atoms. The maximum atomic E-state index is 14.9. The molecule has 0 saturated heterocycles. The van der Waals surface area contributed by atoms with Gasteiger partial charge in [0.25, 0.3) is 0 Å². The topological polar surface area (TPSA) is 0 Å². The fourth-order valence-corrected chi connectivity index (χ4v) is 3.56. The second-order valence-electron chi connectivity index (χ2n) is 7.28. The molecule has 4 rings (SSSR count). The number of fused-ring (bicyclic) bond motifs is 1. The van der Waals surface area contributed by atoms with E-state index in [4.69, 9.17) is 0 Å². The normalized spacial score (nSPS) is 10.9. The van der Waals surface area contributed by atoms with Crippen molar-refractivity contribution in [2.24, 2.45) is 0 Å². The van der Waals surface area contributed by atoms with Crippen molar-refractivity contribution in [1.82, 2.24) is 0 Å². The third kappa shape index (κ3) is 3.75. The van der Waals surface area contributed by atoms with E-state index in [9.17, 15) is 4.39 Å². The highest BCUT2D eigenvalue weighted by atomic mass is 19.1. The molecule has 138 valence electrons. The Labute approximate surface area is 166 Å². The van der Waals surface area contributed by atoms with Gasteiger partial charge in [0.15, 0.2) is 0 Å². The van der Waals surface area contributed by atoms with Crippen LogP contribution in [0.15, 0.2) is 91.5 Å². The molecule has 1 heteroatoms. The quantitative estimate of drug-likeness (QED) is 0.317. The van der Waals surface area contributed by atoms with Crippen LogP contribution in [0.4, 0.5) is 4.39 Å². The first kappa shape index (κ1) is 18.2. The summed E-state index contributed by atoms with van der Waals surface area (Å²) in [5.74, 6) is -0.194. The van der Waals surface area contributed by atoms with E-state index in [0.717, 1.165) is 34.9 Å². The van der Waals surface area contributed by atoms with Gasteiger partial charge in [0.1, 0.15) is 5.82 Å². The average molecular weight is 366 g/mol. The molecule has 0 aliphatic carbocycles. The van der Waals surface area contributed by atoms with Crippen LogP contribution in [0, 0.1) is 12.7 Å². The number of benzene rings is 4. The molecule has 0 aliphatic heterocycles. The van der Waals surface area contributed by atoms with Gasteiger partial charge < -0.3 is 0 Å². The van der Waals surface area contributed by atoms with Crippen LogP contribution >= 0.6 is 0 Å². The Morgan fingerprint density at radius 3 is 2.18 bits per heavy atom. The smallest absolute Gasteiger partial charge is 0.131 e. The molecule has 4 aromatic rings. The molecule has 0 amide bonds.